The molecule has 1 amide bonds. The summed E-state index contributed by atoms with van der Waals surface area (Å²) >= 11 is 0. The maximum absolute atomic E-state index is 13.2. The minimum absolute atomic E-state index is 0.00648. The first-order valence-corrected chi connectivity index (χ1v) is 10.3. The molecular weight excluding hydrogens is 355 g/mol. The SMILES string of the molecule is C[C@@H]1Cc2ccccc2N1C(=O)C[C@@H](NS(C)(=O)=O)c1ccc(F)cc1. The number of rotatable bonds is 5. The van der Waals surface area contributed by atoms with Crippen LogP contribution in [-0.2, 0) is 21.2 Å². The first-order chi connectivity index (χ1) is 12.2. The maximum atomic E-state index is 13.2. The van der Waals surface area contributed by atoms with Crippen molar-refractivity contribution in [2.45, 2.75) is 31.8 Å². The third-order valence-electron chi connectivity index (χ3n) is 4.48. The van der Waals surface area contributed by atoms with Gasteiger partial charge < -0.3 is 4.90 Å². The van der Waals surface area contributed by atoms with E-state index in [1.165, 1.54) is 24.3 Å². The van der Waals surface area contributed by atoms with Gasteiger partial charge in [0.05, 0.1) is 12.3 Å². The van der Waals surface area contributed by atoms with Crippen LogP contribution in [0.4, 0.5) is 10.1 Å². The van der Waals surface area contributed by atoms with Crippen LogP contribution in [0.25, 0.3) is 0 Å². The molecule has 0 fully saturated rings. The standard InChI is InChI=1S/C19H21FN2O3S/c1-13-11-15-5-3-4-6-18(15)22(13)19(23)12-17(21-26(2,24)25)14-7-9-16(20)10-8-14/h3-10,13,17,21H,11-12H2,1-2H3/t13-,17-/m1/s1. The maximum Gasteiger partial charge on any atom is 0.229 e. The van der Waals surface area contributed by atoms with Gasteiger partial charge in [-0.15, -0.1) is 0 Å². The van der Waals surface area contributed by atoms with Gasteiger partial charge in [-0.2, -0.15) is 0 Å². The van der Waals surface area contributed by atoms with Crippen molar-refractivity contribution >= 4 is 21.6 Å². The number of nitrogens with zero attached hydrogens (tertiary/aromatic N) is 1. The van der Waals surface area contributed by atoms with Crippen LogP contribution in [-0.4, -0.2) is 26.6 Å². The Morgan fingerprint density at radius 1 is 1.23 bits per heavy atom. The number of hydrogen-bond acceptors (Lipinski definition) is 3. The van der Waals surface area contributed by atoms with E-state index in [2.05, 4.69) is 4.72 Å². The monoisotopic (exact) mass is 376 g/mol. The van der Waals surface area contributed by atoms with Gasteiger partial charge in [0, 0.05) is 18.2 Å². The van der Waals surface area contributed by atoms with Crippen molar-refractivity contribution in [3.63, 3.8) is 0 Å². The lowest BCUT2D eigenvalue weighted by molar-refractivity contribution is -0.119. The van der Waals surface area contributed by atoms with Crippen LogP contribution in [0.15, 0.2) is 48.5 Å². The van der Waals surface area contributed by atoms with Gasteiger partial charge in [-0.05, 0) is 42.7 Å². The molecule has 1 N–H and O–H groups in total. The van der Waals surface area contributed by atoms with Gasteiger partial charge in [0.1, 0.15) is 5.82 Å². The van der Waals surface area contributed by atoms with E-state index in [-0.39, 0.29) is 18.4 Å². The Hall–Kier alpha value is -2.25. The second-order valence-electron chi connectivity index (χ2n) is 6.64. The molecule has 1 heterocycles. The zero-order valence-electron chi connectivity index (χ0n) is 14.6. The molecule has 5 nitrogen and oxygen atoms in total. The van der Waals surface area contributed by atoms with Gasteiger partial charge in [-0.1, -0.05) is 30.3 Å². The van der Waals surface area contributed by atoms with Gasteiger partial charge >= 0.3 is 0 Å². The lowest BCUT2D eigenvalue weighted by Gasteiger charge is -2.26. The first kappa shape index (κ1) is 18.5. The summed E-state index contributed by atoms with van der Waals surface area (Å²) in [5.74, 6) is -0.590. The number of nitrogens with one attached hydrogen (secondary N) is 1. The Balaban J connectivity index is 1.87. The van der Waals surface area contributed by atoms with Crippen molar-refractivity contribution in [2.24, 2.45) is 0 Å². The fourth-order valence-electron chi connectivity index (χ4n) is 3.40. The van der Waals surface area contributed by atoms with Crippen LogP contribution >= 0.6 is 0 Å². The molecule has 2 aromatic carbocycles. The molecule has 0 saturated carbocycles. The molecule has 0 bridgehead atoms. The van der Waals surface area contributed by atoms with Gasteiger partial charge in [0.25, 0.3) is 0 Å². The largest absolute Gasteiger partial charge is 0.309 e. The number of para-hydroxylation sites is 1. The van der Waals surface area contributed by atoms with Gasteiger partial charge in [-0.25, -0.2) is 17.5 Å². The van der Waals surface area contributed by atoms with Crippen molar-refractivity contribution in [3.8, 4) is 0 Å². The molecule has 26 heavy (non-hydrogen) atoms. The zero-order valence-corrected chi connectivity index (χ0v) is 15.5. The minimum atomic E-state index is -3.54. The molecule has 0 saturated heterocycles. The Bertz CT molecular complexity index is 913. The van der Waals surface area contributed by atoms with Crippen LogP contribution < -0.4 is 9.62 Å². The van der Waals surface area contributed by atoms with E-state index in [0.29, 0.717) is 5.56 Å². The molecule has 7 heteroatoms. The number of amides is 1. The van der Waals surface area contributed by atoms with Crippen molar-refractivity contribution in [3.05, 3.63) is 65.5 Å². The summed E-state index contributed by atoms with van der Waals surface area (Å²) in [6.07, 6.45) is 1.77. The van der Waals surface area contributed by atoms with Crippen LogP contribution in [0.2, 0.25) is 0 Å². The van der Waals surface area contributed by atoms with E-state index in [1.807, 2.05) is 31.2 Å². The fourth-order valence-corrected chi connectivity index (χ4v) is 4.14. The van der Waals surface area contributed by atoms with Crippen LogP contribution in [0, 0.1) is 5.82 Å². The van der Waals surface area contributed by atoms with E-state index in [1.54, 1.807) is 4.90 Å². The summed E-state index contributed by atoms with van der Waals surface area (Å²) < 4.78 is 39.2. The quantitative estimate of drug-likeness (QED) is 0.873. The molecule has 1 aliphatic heterocycles. The average Bonchev–Trinajstić information content (AvgIpc) is 2.89. The van der Waals surface area contributed by atoms with E-state index in [4.69, 9.17) is 0 Å². The van der Waals surface area contributed by atoms with E-state index in [0.717, 1.165) is 23.9 Å². The van der Waals surface area contributed by atoms with E-state index < -0.39 is 21.9 Å². The third kappa shape index (κ3) is 4.11. The predicted octanol–water partition coefficient (Wildman–Crippen LogP) is 2.78. The Kier molecular flexibility index (Phi) is 5.11. The first-order valence-electron chi connectivity index (χ1n) is 8.37. The average molecular weight is 376 g/mol. The highest BCUT2D eigenvalue weighted by Crippen LogP contribution is 2.33. The second kappa shape index (κ2) is 7.17. The fraction of sp³-hybridized carbons (Fsp3) is 0.316. The molecule has 3 rings (SSSR count). The lowest BCUT2D eigenvalue weighted by atomic mass is 10.0. The summed E-state index contributed by atoms with van der Waals surface area (Å²) in [7, 11) is -3.54. The number of benzene rings is 2. The van der Waals surface area contributed by atoms with Crippen LogP contribution in [0.1, 0.15) is 30.5 Å². The van der Waals surface area contributed by atoms with Gasteiger partial charge in [0.15, 0.2) is 0 Å². The van der Waals surface area contributed by atoms with Crippen LogP contribution in [0.3, 0.4) is 0 Å². The Morgan fingerprint density at radius 3 is 2.54 bits per heavy atom. The summed E-state index contributed by atoms with van der Waals surface area (Å²) in [5.41, 5.74) is 2.51. The highest BCUT2D eigenvalue weighted by molar-refractivity contribution is 7.88. The van der Waals surface area contributed by atoms with Crippen LogP contribution in [0.5, 0.6) is 0 Å². The molecule has 0 radical (unpaired) electrons. The smallest absolute Gasteiger partial charge is 0.229 e. The van der Waals surface area contributed by atoms with E-state index in [9.17, 15) is 17.6 Å². The molecule has 2 aromatic rings. The molecule has 2 atom stereocenters. The molecular formula is C19H21FN2O3S. The topological polar surface area (TPSA) is 66.5 Å². The molecule has 0 aromatic heterocycles. The third-order valence-corrected chi connectivity index (χ3v) is 5.20. The highest BCUT2D eigenvalue weighted by atomic mass is 32.2. The predicted molar refractivity (Wildman–Crippen MR) is 98.8 cm³/mol. The summed E-state index contributed by atoms with van der Waals surface area (Å²) in [6, 6.07) is 12.5. The molecule has 1 aliphatic rings. The number of anilines is 1. The second-order valence-corrected chi connectivity index (χ2v) is 8.42. The van der Waals surface area contributed by atoms with Crippen molar-refractivity contribution < 1.29 is 17.6 Å². The molecule has 0 unspecified atom stereocenters. The lowest BCUT2D eigenvalue weighted by Crippen LogP contribution is -2.39. The van der Waals surface area contributed by atoms with Crippen molar-refractivity contribution in [1.29, 1.82) is 0 Å². The number of halogens is 1. The van der Waals surface area contributed by atoms with E-state index >= 15 is 0 Å². The normalized spacial score (nSPS) is 17.8. The summed E-state index contributed by atoms with van der Waals surface area (Å²) in [5, 5.41) is 0. The number of carbonyl (C=O) groups excluding carboxylic acids is 1. The number of sulfonamides is 1. The minimum Gasteiger partial charge on any atom is -0.309 e. The number of fused-ring (bicyclic) bond motifs is 1. The molecule has 0 spiro atoms. The summed E-state index contributed by atoms with van der Waals surface area (Å²) in [6.45, 7) is 1.97. The Morgan fingerprint density at radius 2 is 1.88 bits per heavy atom. The number of hydrogen-bond donors (Lipinski definition) is 1. The highest BCUT2D eigenvalue weighted by Gasteiger charge is 2.32. The number of carbonyl (C=O) groups is 1. The van der Waals surface area contributed by atoms with Gasteiger partial charge in [-0.3, -0.25) is 4.79 Å². The Labute approximate surface area is 152 Å². The molecule has 0 aliphatic carbocycles. The zero-order chi connectivity index (χ0) is 18.9. The van der Waals surface area contributed by atoms with Gasteiger partial charge in [0.2, 0.25) is 15.9 Å². The van der Waals surface area contributed by atoms with Crippen molar-refractivity contribution in [1.82, 2.24) is 4.72 Å². The molecule has 138 valence electrons. The van der Waals surface area contributed by atoms with Crippen molar-refractivity contribution in [2.75, 3.05) is 11.2 Å². The summed E-state index contributed by atoms with van der Waals surface area (Å²) in [4.78, 5) is 14.7.